The molecule has 1 aliphatic rings. The van der Waals surface area contributed by atoms with Gasteiger partial charge in [-0.2, -0.15) is 0 Å². The molecule has 0 amide bonds. The van der Waals surface area contributed by atoms with Crippen molar-refractivity contribution in [2.75, 3.05) is 6.54 Å². The van der Waals surface area contributed by atoms with Crippen molar-refractivity contribution in [1.29, 1.82) is 0 Å². The van der Waals surface area contributed by atoms with Crippen LogP contribution in [0.3, 0.4) is 0 Å². The lowest BCUT2D eigenvalue weighted by Gasteiger charge is -2.24. The van der Waals surface area contributed by atoms with Gasteiger partial charge in [-0.1, -0.05) is 6.42 Å². The predicted octanol–water partition coefficient (Wildman–Crippen LogP) is 2.71. The van der Waals surface area contributed by atoms with Gasteiger partial charge in [0.05, 0.1) is 17.0 Å². The van der Waals surface area contributed by atoms with Crippen LogP contribution in [0.2, 0.25) is 0 Å². The summed E-state index contributed by atoms with van der Waals surface area (Å²) in [6.07, 6.45) is 8.79. The van der Waals surface area contributed by atoms with Gasteiger partial charge >= 0.3 is 0 Å². The van der Waals surface area contributed by atoms with Crippen molar-refractivity contribution in [3.63, 3.8) is 0 Å². The fourth-order valence-electron chi connectivity index (χ4n) is 2.65. The summed E-state index contributed by atoms with van der Waals surface area (Å²) in [7, 11) is 0. The van der Waals surface area contributed by atoms with Gasteiger partial charge in [-0.3, -0.25) is 0 Å². The molecule has 3 heterocycles. The summed E-state index contributed by atoms with van der Waals surface area (Å²) in [5, 5.41) is 6.92. The van der Waals surface area contributed by atoms with Crippen molar-refractivity contribution in [3.8, 4) is 0 Å². The fraction of sp³-hybridized carbons (Fsp3) is 0.571. The first-order valence-electron chi connectivity index (χ1n) is 6.97. The molecule has 0 bridgehead atoms. The molecule has 0 aliphatic carbocycles. The quantitative estimate of drug-likeness (QED) is 0.933. The highest BCUT2D eigenvalue weighted by Crippen LogP contribution is 2.23. The Bertz CT molecular complexity index is 525. The molecule has 0 spiro atoms. The molecule has 1 fully saturated rings. The van der Waals surface area contributed by atoms with E-state index >= 15 is 0 Å². The summed E-state index contributed by atoms with van der Waals surface area (Å²) in [5.74, 6) is 0. The van der Waals surface area contributed by atoms with Crippen molar-refractivity contribution in [3.05, 3.63) is 34.3 Å². The number of aromatic nitrogens is 3. The van der Waals surface area contributed by atoms with Gasteiger partial charge in [0, 0.05) is 36.3 Å². The summed E-state index contributed by atoms with van der Waals surface area (Å²) in [5.41, 5.74) is 2.45. The van der Waals surface area contributed by atoms with Crippen molar-refractivity contribution in [1.82, 2.24) is 19.9 Å². The number of aryl methyl sites for hydroxylation is 3. The van der Waals surface area contributed by atoms with Crippen LogP contribution in [0.25, 0.3) is 0 Å². The molecule has 4 nitrogen and oxygen atoms in total. The molecular formula is C14H20N4S. The van der Waals surface area contributed by atoms with Gasteiger partial charge in [-0.15, -0.1) is 11.3 Å². The Kier molecular flexibility index (Phi) is 3.94. The number of piperidine rings is 1. The van der Waals surface area contributed by atoms with Crippen LogP contribution in [0, 0.1) is 6.92 Å². The minimum absolute atomic E-state index is 0.481. The number of nitrogens with zero attached hydrogens (tertiary/aromatic N) is 3. The molecule has 0 aromatic carbocycles. The van der Waals surface area contributed by atoms with Gasteiger partial charge < -0.3 is 9.88 Å². The number of thiazole rings is 1. The molecule has 102 valence electrons. The van der Waals surface area contributed by atoms with E-state index in [1.807, 2.05) is 12.5 Å². The first-order valence-corrected chi connectivity index (χ1v) is 7.85. The smallest absolute Gasteiger partial charge is 0.0948 e. The van der Waals surface area contributed by atoms with Crippen LogP contribution >= 0.6 is 11.3 Å². The molecule has 2 aromatic heterocycles. The summed E-state index contributed by atoms with van der Waals surface area (Å²) < 4.78 is 2.28. The van der Waals surface area contributed by atoms with E-state index in [4.69, 9.17) is 0 Å². The molecular weight excluding hydrogens is 256 g/mol. The zero-order valence-electron chi connectivity index (χ0n) is 11.3. The van der Waals surface area contributed by atoms with Crippen LogP contribution in [0.1, 0.15) is 41.7 Å². The van der Waals surface area contributed by atoms with E-state index in [-0.39, 0.29) is 0 Å². The lowest BCUT2D eigenvalue weighted by molar-refractivity contribution is 0.393. The Labute approximate surface area is 117 Å². The Morgan fingerprint density at radius 3 is 3.16 bits per heavy atom. The molecule has 3 rings (SSSR count). The second-order valence-corrected chi connectivity index (χ2v) is 6.09. The van der Waals surface area contributed by atoms with Crippen LogP contribution in [0.4, 0.5) is 0 Å². The van der Waals surface area contributed by atoms with Crippen molar-refractivity contribution in [2.24, 2.45) is 0 Å². The van der Waals surface area contributed by atoms with Gasteiger partial charge in [-0.25, -0.2) is 9.97 Å². The highest BCUT2D eigenvalue weighted by atomic mass is 32.1. The lowest BCUT2D eigenvalue weighted by atomic mass is 10.0. The number of nitrogens with one attached hydrogen (secondary N) is 1. The minimum atomic E-state index is 0.481. The number of rotatable bonds is 4. The van der Waals surface area contributed by atoms with Crippen molar-refractivity contribution in [2.45, 2.75) is 45.2 Å². The van der Waals surface area contributed by atoms with E-state index in [0.717, 1.165) is 25.2 Å². The third-order valence-corrected chi connectivity index (χ3v) is 4.67. The van der Waals surface area contributed by atoms with Crippen molar-refractivity contribution < 1.29 is 0 Å². The topological polar surface area (TPSA) is 42.7 Å². The number of imidazole rings is 1. The highest BCUT2D eigenvalue weighted by molar-refractivity contribution is 7.09. The third kappa shape index (κ3) is 3.04. The van der Waals surface area contributed by atoms with E-state index in [9.17, 15) is 0 Å². The minimum Gasteiger partial charge on any atom is -0.333 e. The largest absolute Gasteiger partial charge is 0.333 e. The first-order chi connectivity index (χ1) is 9.33. The maximum absolute atomic E-state index is 4.52. The van der Waals surface area contributed by atoms with Gasteiger partial charge in [0.1, 0.15) is 0 Å². The van der Waals surface area contributed by atoms with E-state index in [2.05, 4.69) is 32.2 Å². The summed E-state index contributed by atoms with van der Waals surface area (Å²) >= 11 is 1.75. The number of hydrogen-bond donors (Lipinski definition) is 1. The Balaban J connectivity index is 1.66. The molecule has 5 heteroatoms. The highest BCUT2D eigenvalue weighted by Gasteiger charge is 2.18. The Morgan fingerprint density at radius 1 is 1.47 bits per heavy atom. The zero-order chi connectivity index (χ0) is 13.1. The summed E-state index contributed by atoms with van der Waals surface area (Å²) in [6.45, 7) is 4.15. The maximum Gasteiger partial charge on any atom is 0.0948 e. The van der Waals surface area contributed by atoms with E-state index < -0.39 is 0 Å². The lowest BCUT2D eigenvalue weighted by Crippen LogP contribution is -2.28. The van der Waals surface area contributed by atoms with Crippen LogP contribution in [0.5, 0.6) is 0 Å². The molecule has 1 unspecified atom stereocenters. The van der Waals surface area contributed by atoms with E-state index in [0.29, 0.717) is 6.04 Å². The maximum atomic E-state index is 4.52. The molecule has 0 saturated carbocycles. The van der Waals surface area contributed by atoms with Crippen LogP contribution < -0.4 is 5.32 Å². The fourth-order valence-corrected chi connectivity index (χ4v) is 3.41. The standard InChI is InChI=1S/C14H20N4S/c1-11-9-19-14(17-11)5-7-18-10-15-8-13(18)12-4-2-3-6-16-12/h8-10,12,16H,2-7H2,1H3. The molecule has 1 atom stereocenters. The van der Waals surface area contributed by atoms with Crippen LogP contribution in [0.15, 0.2) is 17.9 Å². The monoisotopic (exact) mass is 276 g/mol. The van der Waals surface area contributed by atoms with Crippen LogP contribution in [-0.2, 0) is 13.0 Å². The molecule has 2 aromatic rings. The van der Waals surface area contributed by atoms with Gasteiger partial charge in [-0.05, 0) is 26.3 Å². The second kappa shape index (κ2) is 5.84. The summed E-state index contributed by atoms with van der Waals surface area (Å²) in [4.78, 5) is 8.84. The molecule has 19 heavy (non-hydrogen) atoms. The van der Waals surface area contributed by atoms with Crippen LogP contribution in [-0.4, -0.2) is 21.1 Å². The Morgan fingerprint density at radius 2 is 2.42 bits per heavy atom. The van der Waals surface area contributed by atoms with E-state index in [1.54, 1.807) is 11.3 Å². The van der Waals surface area contributed by atoms with Gasteiger partial charge in [0.25, 0.3) is 0 Å². The zero-order valence-corrected chi connectivity index (χ0v) is 12.1. The molecule has 1 aliphatic heterocycles. The average molecular weight is 276 g/mol. The SMILES string of the molecule is Cc1csc(CCn2cncc2C2CCCCN2)n1. The van der Waals surface area contributed by atoms with Crippen molar-refractivity contribution >= 4 is 11.3 Å². The second-order valence-electron chi connectivity index (χ2n) is 5.15. The number of hydrogen-bond acceptors (Lipinski definition) is 4. The Hall–Kier alpha value is -1.20. The normalized spacial score (nSPS) is 19.7. The predicted molar refractivity (Wildman–Crippen MR) is 77.4 cm³/mol. The van der Waals surface area contributed by atoms with E-state index in [1.165, 1.54) is 30.0 Å². The van der Waals surface area contributed by atoms with Gasteiger partial charge in [0.2, 0.25) is 0 Å². The molecule has 0 radical (unpaired) electrons. The van der Waals surface area contributed by atoms with Gasteiger partial charge in [0.15, 0.2) is 0 Å². The molecule has 1 N–H and O–H groups in total. The average Bonchev–Trinajstić information content (AvgIpc) is 3.06. The third-order valence-electron chi connectivity index (χ3n) is 3.64. The first kappa shape index (κ1) is 12.8. The summed E-state index contributed by atoms with van der Waals surface area (Å²) in [6, 6.07) is 0.481. The molecule has 1 saturated heterocycles.